The van der Waals surface area contributed by atoms with Gasteiger partial charge < -0.3 is 10.1 Å². The van der Waals surface area contributed by atoms with E-state index in [1.807, 2.05) is 6.92 Å². The van der Waals surface area contributed by atoms with Crippen LogP contribution >= 0.6 is 0 Å². The molecule has 3 heteroatoms. The van der Waals surface area contributed by atoms with Crippen LogP contribution in [-0.2, 0) is 0 Å². The first-order valence-corrected chi connectivity index (χ1v) is 6.21. The van der Waals surface area contributed by atoms with E-state index >= 15 is 0 Å². The summed E-state index contributed by atoms with van der Waals surface area (Å²) in [5, 5.41) is 3.36. The van der Waals surface area contributed by atoms with E-state index in [9.17, 15) is 4.39 Å². The Labute approximate surface area is 103 Å². The Morgan fingerprint density at radius 2 is 2.06 bits per heavy atom. The highest BCUT2D eigenvalue weighted by Gasteiger charge is 2.04. The Hall–Kier alpha value is -1.09. The summed E-state index contributed by atoms with van der Waals surface area (Å²) in [4.78, 5) is 0. The molecule has 0 aromatic heterocycles. The molecule has 0 amide bonds. The number of ether oxygens (including phenoxy) is 1. The minimum atomic E-state index is -0.257. The summed E-state index contributed by atoms with van der Waals surface area (Å²) >= 11 is 0. The van der Waals surface area contributed by atoms with Gasteiger partial charge in [-0.15, -0.1) is 0 Å². The predicted molar refractivity (Wildman–Crippen MR) is 68.8 cm³/mol. The molecule has 0 aliphatic heterocycles. The minimum Gasteiger partial charge on any atom is -0.491 e. The molecule has 0 heterocycles. The van der Waals surface area contributed by atoms with E-state index in [4.69, 9.17) is 4.74 Å². The first kappa shape index (κ1) is 14.0. The molecule has 1 rings (SSSR count). The molecular formula is C14H22FNO. The highest BCUT2D eigenvalue weighted by molar-refractivity contribution is 5.22. The molecule has 0 aliphatic rings. The van der Waals surface area contributed by atoms with Crippen LogP contribution in [0, 0.1) is 11.7 Å². The zero-order chi connectivity index (χ0) is 12.7. The van der Waals surface area contributed by atoms with Crippen LogP contribution in [0.15, 0.2) is 24.3 Å². The second-order valence-electron chi connectivity index (χ2n) is 4.77. The largest absolute Gasteiger partial charge is 0.491 e. The normalized spacial score (nSPS) is 12.8. The van der Waals surface area contributed by atoms with Gasteiger partial charge in [-0.25, -0.2) is 4.39 Å². The van der Waals surface area contributed by atoms with Gasteiger partial charge in [-0.1, -0.05) is 19.9 Å². The SMILES string of the molecule is CC(C)CNCCC(C)Oc1cccc(F)c1. The highest BCUT2D eigenvalue weighted by Crippen LogP contribution is 2.14. The van der Waals surface area contributed by atoms with Gasteiger partial charge in [0.05, 0.1) is 6.10 Å². The van der Waals surface area contributed by atoms with Crippen LogP contribution in [0.5, 0.6) is 5.75 Å². The van der Waals surface area contributed by atoms with E-state index in [1.165, 1.54) is 12.1 Å². The van der Waals surface area contributed by atoms with E-state index < -0.39 is 0 Å². The fourth-order valence-corrected chi connectivity index (χ4v) is 1.53. The van der Waals surface area contributed by atoms with Crippen LogP contribution in [0.25, 0.3) is 0 Å². The molecule has 1 aromatic carbocycles. The molecule has 1 atom stereocenters. The third-order valence-corrected chi connectivity index (χ3v) is 2.41. The minimum absolute atomic E-state index is 0.0939. The molecule has 2 nitrogen and oxygen atoms in total. The summed E-state index contributed by atoms with van der Waals surface area (Å²) in [5.41, 5.74) is 0. The maximum absolute atomic E-state index is 12.9. The van der Waals surface area contributed by atoms with Crippen molar-refractivity contribution < 1.29 is 9.13 Å². The summed E-state index contributed by atoms with van der Waals surface area (Å²) in [5.74, 6) is 1.00. The quantitative estimate of drug-likeness (QED) is 0.738. The second kappa shape index (κ2) is 7.28. The molecule has 17 heavy (non-hydrogen) atoms. The van der Waals surface area contributed by atoms with Crippen molar-refractivity contribution in [2.45, 2.75) is 33.3 Å². The molecule has 0 fully saturated rings. The standard InChI is InChI=1S/C14H22FNO/c1-11(2)10-16-8-7-12(3)17-14-6-4-5-13(15)9-14/h4-6,9,11-12,16H,7-8,10H2,1-3H3. The van der Waals surface area contributed by atoms with E-state index in [0.29, 0.717) is 11.7 Å². The lowest BCUT2D eigenvalue weighted by molar-refractivity contribution is 0.208. The van der Waals surface area contributed by atoms with Crippen molar-refractivity contribution in [3.8, 4) is 5.75 Å². The first-order chi connectivity index (χ1) is 8.08. The average molecular weight is 239 g/mol. The Bertz CT molecular complexity index is 328. The molecule has 0 saturated heterocycles. The molecule has 0 bridgehead atoms. The number of hydrogen-bond donors (Lipinski definition) is 1. The van der Waals surface area contributed by atoms with Crippen molar-refractivity contribution in [3.63, 3.8) is 0 Å². The summed E-state index contributed by atoms with van der Waals surface area (Å²) < 4.78 is 18.5. The van der Waals surface area contributed by atoms with Crippen molar-refractivity contribution in [2.24, 2.45) is 5.92 Å². The average Bonchev–Trinajstić information content (AvgIpc) is 2.24. The van der Waals surface area contributed by atoms with Crippen LogP contribution in [-0.4, -0.2) is 19.2 Å². The maximum Gasteiger partial charge on any atom is 0.126 e. The number of nitrogens with one attached hydrogen (secondary N) is 1. The van der Waals surface area contributed by atoms with Crippen LogP contribution in [0.4, 0.5) is 4.39 Å². The van der Waals surface area contributed by atoms with Crippen LogP contribution in [0.1, 0.15) is 27.2 Å². The van der Waals surface area contributed by atoms with Gasteiger partial charge in [0.2, 0.25) is 0 Å². The maximum atomic E-state index is 12.9. The second-order valence-corrected chi connectivity index (χ2v) is 4.77. The Balaban J connectivity index is 2.23. The molecule has 96 valence electrons. The number of halogens is 1. The number of hydrogen-bond acceptors (Lipinski definition) is 2. The van der Waals surface area contributed by atoms with Crippen molar-refractivity contribution in [1.29, 1.82) is 0 Å². The summed E-state index contributed by atoms with van der Waals surface area (Å²) in [6.07, 6.45) is 1.01. The van der Waals surface area contributed by atoms with Gasteiger partial charge in [-0.3, -0.25) is 0 Å². The summed E-state index contributed by atoms with van der Waals surface area (Å²) in [7, 11) is 0. The lowest BCUT2D eigenvalue weighted by Gasteiger charge is -2.15. The van der Waals surface area contributed by atoms with Gasteiger partial charge in [0.25, 0.3) is 0 Å². The fourth-order valence-electron chi connectivity index (χ4n) is 1.53. The fraction of sp³-hybridized carbons (Fsp3) is 0.571. The lowest BCUT2D eigenvalue weighted by atomic mass is 10.2. The van der Waals surface area contributed by atoms with E-state index in [2.05, 4.69) is 19.2 Å². The number of rotatable bonds is 7. The zero-order valence-corrected chi connectivity index (χ0v) is 10.9. The predicted octanol–water partition coefficient (Wildman–Crippen LogP) is 3.23. The van der Waals surface area contributed by atoms with Gasteiger partial charge >= 0.3 is 0 Å². The molecule has 0 aliphatic carbocycles. The molecule has 1 aromatic rings. The van der Waals surface area contributed by atoms with Gasteiger partial charge in [0.1, 0.15) is 11.6 Å². The van der Waals surface area contributed by atoms with Gasteiger partial charge in [-0.2, -0.15) is 0 Å². The molecule has 0 saturated carbocycles. The van der Waals surface area contributed by atoms with Gasteiger partial charge in [0, 0.05) is 6.07 Å². The van der Waals surface area contributed by atoms with Crippen molar-refractivity contribution >= 4 is 0 Å². The Kier molecular flexibility index (Phi) is 5.98. The highest BCUT2D eigenvalue weighted by atomic mass is 19.1. The van der Waals surface area contributed by atoms with E-state index in [1.54, 1.807) is 12.1 Å². The van der Waals surface area contributed by atoms with Crippen molar-refractivity contribution in [3.05, 3.63) is 30.1 Å². The topological polar surface area (TPSA) is 21.3 Å². The van der Waals surface area contributed by atoms with Crippen LogP contribution in [0.3, 0.4) is 0 Å². The van der Waals surface area contributed by atoms with Gasteiger partial charge in [-0.05, 0) is 44.5 Å². The van der Waals surface area contributed by atoms with Gasteiger partial charge in [0.15, 0.2) is 0 Å². The lowest BCUT2D eigenvalue weighted by Crippen LogP contribution is -2.25. The smallest absolute Gasteiger partial charge is 0.126 e. The van der Waals surface area contributed by atoms with Crippen LogP contribution < -0.4 is 10.1 Å². The molecule has 0 spiro atoms. The zero-order valence-electron chi connectivity index (χ0n) is 10.9. The third-order valence-electron chi connectivity index (χ3n) is 2.41. The monoisotopic (exact) mass is 239 g/mol. The molecule has 1 N–H and O–H groups in total. The Morgan fingerprint density at radius 3 is 2.71 bits per heavy atom. The summed E-state index contributed by atoms with van der Waals surface area (Å²) in [6, 6.07) is 6.27. The summed E-state index contributed by atoms with van der Waals surface area (Å²) in [6.45, 7) is 8.31. The van der Waals surface area contributed by atoms with E-state index in [-0.39, 0.29) is 11.9 Å². The third kappa shape index (κ3) is 6.27. The van der Waals surface area contributed by atoms with Crippen molar-refractivity contribution in [1.82, 2.24) is 5.32 Å². The number of benzene rings is 1. The first-order valence-electron chi connectivity index (χ1n) is 6.21. The van der Waals surface area contributed by atoms with Crippen molar-refractivity contribution in [2.75, 3.05) is 13.1 Å². The molecule has 0 radical (unpaired) electrons. The van der Waals surface area contributed by atoms with E-state index in [0.717, 1.165) is 19.5 Å². The van der Waals surface area contributed by atoms with Crippen LogP contribution in [0.2, 0.25) is 0 Å². The Morgan fingerprint density at radius 1 is 1.29 bits per heavy atom. The molecule has 1 unspecified atom stereocenters. The molecular weight excluding hydrogens is 217 g/mol.